The zero-order chi connectivity index (χ0) is 53.8. The fourth-order valence-electron chi connectivity index (χ4n) is 11.0. The number of hydrogen-bond donors (Lipinski definition) is 0. The summed E-state index contributed by atoms with van der Waals surface area (Å²) in [6.07, 6.45) is 3.63. The first kappa shape index (κ1) is 55.7. The molecule has 0 N–H and O–H groups in total. The predicted octanol–water partition coefficient (Wildman–Crippen LogP) is 8.70. The van der Waals surface area contributed by atoms with Gasteiger partial charge in [-0.3, -0.25) is 13.8 Å². The summed E-state index contributed by atoms with van der Waals surface area (Å²) in [5.74, 6) is 3.45. The van der Waals surface area contributed by atoms with E-state index in [1.54, 1.807) is 28.4 Å². The van der Waals surface area contributed by atoms with Gasteiger partial charge in [0.2, 0.25) is 0 Å². The van der Waals surface area contributed by atoms with Gasteiger partial charge in [0.05, 0.1) is 60.0 Å². The van der Waals surface area contributed by atoms with Gasteiger partial charge in [-0.2, -0.15) is 8.42 Å². The summed E-state index contributed by atoms with van der Waals surface area (Å²) in [6, 6.07) is 33.3. The number of carbonyl (C=O) groups is 2. The van der Waals surface area contributed by atoms with Crippen LogP contribution in [0, 0.1) is 0 Å². The Labute approximate surface area is 450 Å². The highest BCUT2D eigenvalue weighted by Crippen LogP contribution is 2.43. The highest BCUT2D eigenvalue weighted by atomic mass is 32.2. The molecule has 4 heterocycles. The second kappa shape index (κ2) is 26.0. The number of nitrogens with zero attached hydrogens (tertiary/aromatic N) is 6. The molecule has 0 saturated carbocycles. The van der Waals surface area contributed by atoms with Crippen LogP contribution in [0.2, 0.25) is 0 Å². The van der Waals surface area contributed by atoms with Crippen molar-refractivity contribution >= 4 is 33.3 Å². The van der Waals surface area contributed by atoms with Crippen LogP contribution in [0.5, 0.6) is 28.7 Å². The Balaban J connectivity index is 0.000000202. The molecule has 4 aliphatic rings. The number of fused-ring (bicyclic) bond motifs is 2. The van der Waals surface area contributed by atoms with E-state index in [4.69, 9.17) is 27.9 Å². The zero-order valence-corrected chi connectivity index (χ0v) is 46.2. The van der Waals surface area contributed by atoms with Crippen molar-refractivity contribution in [3.63, 3.8) is 0 Å². The van der Waals surface area contributed by atoms with Gasteiger partial charge in [-0.25, -0.2) is 0 Å². The van der Waals surface area contributed by atoms with Crippen molar-refractivity contribution in [1.82, 2.24) is 19.6 Å². The number of hydrogen-bond acceptors (Lipinski definition) is 14. The summed E-state index contributed by atoms with van der Waals surface area (Å²) in [7, 11) is 2.92. The average molecular weight is 1060 g/mol. The maximum atomic E-state index is 13.9. The van der Waals surface area contributed by atoms with E-state index in [1.165, 1.54) is 5.69 Å². The van der Waals surface area contributed by atoms with Crippen LogP contribution in [0.25, 0.3) is 0 Å². The van der Waals surface area contributed by atoms with Crippen molar-refractivity contribution < 1.29 is 45.9 Å². The van der Waals surface area contributed by atoms with Crippen molar-refractivity contribution in [1.29, 1.82) is 0 Å². The van der Waals surface area contributed by atoms with E-state index in [0.29, 0.717) is 55.5 Å². The van der Waals surface area contributed by atoms with Gasteiger partial charge in [0.1, 0.15) is 5.75 Å². The van der Waals surface area contributed by atoms with Crippen LogP contribution in [-0.2, 0) is 27.4 Å². The van der Waals surface area contributed by atoms with E-state index in [2.05, 4.69) is 45.6 Å². The fourth-order valence-corrected chi connectivity index (χ4v) is 11.4. The summed E-state index contributed by atoms with van der Waals surface area (Å²) < 4.78 is 55.9. The highest BCUT2D eigenvalue weighted by molar-refractivity contribution is 7.85. The van der Waals surface area contributed by atoms with Crippen molar-refractivity contribution in [3.8, 4) is 28.7 Å². The van der Waals surface area contributed by atoms with E-state index in [-0.39, 0.29) is 30.5 Å². The van der Waals surface area contributed by atoms with Gasteiger partial charge < -0.3 is 53.1 Å². The van der Waals surface area contributed by atoms with Crippen LogP contribution >= 0.6 is 0 Å². The lowest BCUT2D eigenvalue weighted by Crippen LogP contribution is -2.46. The summed E-state index contributed by atoms with van der Waals surface area (Å²) in [4.78, 5) is 41.3. The Kier molecular flexibility index (Phi) is 19.1. The summed E-state index contributed by atoms with van der Waals surface area (Å²) in [5.41, 5.74) is 7.98. The van der Waals surface area contributed by atoms with Gasteiger partial charge in [-0.1, -0.05) is 56.3 Å². The standard InChI is InChI=1S/C32H39N3O4.C27H37N3O6S/c1-4-33-17-19-34(20-18-33)29-13-8-12-26-27(29)23-35(32(26)36)28(14-9-21-39-25-10-6-5-7-11-25)24-15-16-30(37-2)31(22-24)38-3;1-5-28-13-15-29(16-14-28)24-9-6-8-21-22(24)19-30(27(21)31)23(10-7-17-36-37(4,32)33)20-11-12-25(34-2)26(18-20)35-3/h5-8,10-13,15-16,22,28H,4,9,14,17-21,23H2,1-3H3;6,8-9,11-12,18,23H,5,7,10,13-17,19H2,1-4H3/t28-;23-/m11/s1. The molecular formula is C59H76N6O10S. The maximum absolute atomic E-state index is 13.9. The smallest absolute Gasteiger partial charge is 0.264 e. The van der Waals surface area contributed by atoms with Crippen LogP contribution in [0.1, 0.15) is 94.6 Å². The number of piperazine rings is 2. The zero-order valence-electron chi connectivity index (χ0n) is 45.4. The lowest BCUT2D eigenvalue weighted by atomic mass is 9.99. The molecule has 2 amide bonds. The number of benzene rings is 5. The predicted molar refractivity (Wildman–Crippen MR) is 297 cm³/mol. The molecule has 4 aliphatic heterocycles. The SMILES string of the molecule is CCN1CCN(c2cccc3c2CN([C@H](CCCOS(C)(=O)=O)c2ccc(OC)c(OC)c2)C3=O)CC1.CCN1CCN(c2cccc3c2CN([C@H](CCCOc2ccccc2)c2ccc(OC)c(OC)c2)C3=O)CC1. The molecular weight excluding hydrogens is 985 g/mol. The van der Waals surface area contributed by atoms with Gasteiger partial charge in [0, 0.05) is 99.1 Å². The fraction of sp³-hybridized carbons (Fsp3) is 0.458. The number of para-hydroxylation sites is 1. The molecule has 0 spiro atoms. The van der Waals surface area contributed by atoms with Gasteiger partial charge >= 0.3 is 0 Å². The lowest BCUT2D eigenvalue weighted by Gasteiger charge is -2.36. The van der Waals surface area contributed by atoms with Gasteiger partial charge in [-0.05, 0) is 111 Å². The van der Waals surface area contributed by atoms with Crippen LogP contribution in [0.15, 0.2) is 103 Å². The molecule has 0 radical (unpaired) electrons. The van der Waals surface area contributed by atoms with E-state index in [0.717, 1.165) is 129 Å². The average Bonchev–Trinajstić information content (AvgIpc) is 3.99. The number of ether oxygens (including phenoxy) is 5. The van der Waals surface area contributed by atoms with Gasteiger partial charge in [-0.15, -0.1) is 0 Å². The van der Waals surface area contributed by atoms with Crippen LogP contribution < -0.4 is 33.5 Å². The first-order valence-corrected chi connectivity index (χ1v) is 28.5. The molecule has 0 aliphatic carbocycles. The molecule has 5 aromatic rings. The van der Waals surface area contributed by atoms with Crippen molar-refractivity contribution in [3.05, 3.63) is 137 Å². The molecule has 2 atom stereocenters. The Hall–Kier alpha value is -6.53. The minimum absolute atomic E-state index is 0.0205. The van der Waals surface area contributed by atoms with Gasteiger partial charge in [0.15, 0.2) is 23.0 Å². The lowest BCUT2D eigenvalue weighted by molar-refractivity contribution is 0.0677. The van der Waals surface area contributed by atoms with E-state index in [9.17, 15) is 18.0 Å². The maximum Gasteiger partial charge on any atom is 0.264 e. The Morgan fingerprint density at radius 1 is 0.513 bits per heavy atom. The highest BCUT2D eigenvalue weighted by Gasteiger charge is 2.38. The second-order valence-electron chi connectivity index (χ2n) is 19.5. The number of methoxy groups -OCH3 is 4. The van der Waals surface area contributed by atoms with Crippen molar-refractivity contribution in [2.24, 2.45) is 0 Å². The molecule has 9 rings (SSSR count). The molecule has 0 aromatic heterocycles. The van der Waals surface area contributed by atoms with Crippen LogP contribution in [0.3, 0.4) is 0 Å². The third kappa shape index (κ3) is 13.2. The third-order valence-corrected chi connectivity index (χ3v) is 15.7. The summed E-state index contributed by atoms with van der Waals surface area (Å²) in [5, 5.41) is 0. The molecule has 17 heteroatoms. The number of rotatable bonds is 22. The quantitative estimate of drug-likeness (QED) is 0.0482. The normalized spacial score (nSPS) is 16.7. The molecule has 2 saturated heterocycles. The molecule has 16 nitrogen and oxygen atoms in total. The second-order valence-corrected chi connectivity index (χ2v) is 21.2. The van der Waals surface area contributed by atoms with E-state index < -0.39 is 10.1 Å². The van der Waals surface area contributed by atoms with E-state index in [1.807, 2.05) is 101 Å². The topological polar surface area (TPSA) is 143 Å². The molecule has 76 heavy (non-hydrogen) atoms. The van der Waals surface area contributed by atoms with Gasteiger partial charge in [0.25, 0.3) is 21.9 Å². The molecule has 0 bridgehead atoms. The van der Waals surface area contributed by atoms with Crippen LogP contribution in [0.4, 0.5) is 11.4 Å². The number of carbonyl (C=O) groups excluding carboxylic acids is 2. The number of likely N-dealkylation sites (N-methyl/N-ethyl adjacent to an activating group) is 2. The van der Waals surface area contributed by atoms with Crippen molar-refractivity contribution in [2.75, 3.05) is 123 Å². The van der Waals surface area contributed by atoms with E-state index >= 15 is 0 Å². The first-order valence-electron chi connectivity index (χ1n) is 26.6. The first-order chi connectivity index (χ1) is 36.9. The molecule has 0 unspecified atom stereocenters. The Bertz CT molecular complexity index is 2860. The summed E-state index contributed by atoms with van der Waals surface area (Å²) >= 11 is 0. The van der Waals surface area contributed by atoms with Crippen molar-refractivity contribution in [2.45, 2.75) is 64.7 Å². The minimum Gasteiger partial charge on any atom is -0.494 e. The molecule has 5 aromatic carbocycles. The third-order valence-electron chi connectivity index (χ3n) is 15.2. The summed E-state index contributed by atoms with van der Waals surface area (Å²) in [6.45, 7) is 16.2. The number of amides is 2. The van der Waals surface area contributed by atoms with Crippen LogP contribution in [-0.4, -0.2) is 153 Å². The number of anilines is 2. The minimum atomic E-state index is -3.53. The Morgan fingerprint density at radius 2 is 0.947 bits per heavy atom. The molecule has 408 valence electrons. The largest absolute Gasteiger partial charge is 0.494 e. The Morgan fingerprint density at radius 3 is 1.36 bits per heavy atom. The monoisotopic (exact) mass is 1060 g/mol. The molecule has 2 fully saturated rings.